The molecule has 0 unspecified atom stereocenters. The fourth-order valence-corrected chi connectivity index (χ4v) is 4.74. The molecule has 0 saturated heterocycles. The second kappa shape index (κ2) is 3.83. The van der Waals surface area contributed by atoms with Crippen molar-refractivity contribution in [1.29, 1.82) is 0 Å². The Balaban J connectivity index is 2.15. The molecule has 0 aromatic carbocycles. The summed E-state index contributed by atoms with van der Waals surface area (Å²) >= 11 is 0. The quantitative estimate of drug-likeness (QED) is 0.656. The highest BCUT2D eigenvalue weighted by molar-refractivity contribution is 5.93. The van der Waals surface area contributed by atoms with Crippen LogP contribution >= 0.6 is 0 Å². The lowest BCUT2D eigenvalue weighted by Crippen LogP contribution is -2.49. The fraction of sp³-hybridized carbons (Fsp3) is 0.800. The number of aliphatic hydroxyl groups is 2. The summed E-state index contributed by atoms with van der Waals surface area (Å²) in [5, 5.41) is 20.4. The van der Waals surface area contributed by atoms with Gasteiger partial charge in [-0.05, 0) is 36.0 Å². The third-order valence-electron chi connectivity index (χ3n) is 5.61. The van der Waals surface area contributed by atoms with Crippen molar-refractivity contribution in [2.45, 2.75) is 58.8 Å². The zero-order chi connectivity index (χ0) is 14.0. The number of cyclic esters (lactones) is 1. The first kappa shape index (κ1) is 13.1. The highest BCUT2D eigenvalue weighted by Crippen LogP contribution is 2.61. The second-order valence-electron chi connectivity index (χ2n) is 7.15. The first-order chi connectivity index (χ1) is 8.77. The molecule has 2 aliphatic carbocycles. The third kappa shape index (κ3) is 1.62. The summed E-state index contributed by atoms with van der Waals surface area (Å²) in [5.41, 5.74) is 0.845. The van der Waals surface area contributed by atoms with E-state index >= 15 is 0 Å². The van der Waals surface area contributed by atoms with Crippen LogP contribution < -0.4 is 0 Å². The normalized spacial score (nSPS) is 44.7. The predicted octanol–water partition coefficient (Wildman–Crippen LogP) is 1.76. The number of esters is 1. The van der Waals surface area contributed by atoms with Gasteiger partial charge in [0, 0.05) is 5.57 Å². The fourth-order valence-electron chi connectivity index (χ4n) is 4.74. The van der Waals surface area contributed by atoms with Gasteiger partial charge < -0.3 is 14.9 Å². The predicted molar refractivity (Wildman–Crippen MR) is 69.0 cm³/mol. The van der Waals surface area contributed by atoms with E-state index in [1.54, 1.807) is 0 Å². The summed E-state index contributed by atoms with van der Waals surface area (Å²) in [5.74, 6) is -0.273. The Kier molecular flexibility index (Phi) is 2.64. The van der Waals surface area contributed by atoms with Gasteiger partial charge in [0.1, 0.15) is 0 Å². The van der Waals surface area contributed by atoms with E-state index in [1.165, 1.54) is 0 Å². The van der Waals surface area contributed by atoms with Crippen LogP contribution in [0.25, 0.3) is 0 Å². The number of carbonyl (C=O) groups excluding carboxylic acids is 1. The molecule has 0 amide bonds. The molecule has 4 nitrogen and oxygen atoms in total. The second-order valence-corrected chi connectivity index (χ2v) is 7.15. The van der Waals surface area contributed by atoms with Crippen molar-refractivity contribution in [1.82, 2.24) is 0 Å². The minimum absolute atomic E-state index is 0.109. The molecule has 1 aliphatic heterocycles. The zero-order valence-corrected chi connectivity index (χ0v) is 11.8. The van der Waals surface area contributed by atoms with Crippen LogP contribution in [-0.4, -0.2) is 28.6 Å². The van der Waals surface area contributed by atoms with Crippen molar-refractivity contribution in [3.63, 3.8) is 0 Å². The summed E-state index contributed by atoms with van der Waals surface area (Å²) in [6, 6.07) is 0. The van der Waals surface area contributed by atoms with E-state index in [0.717, 1.165) is 19.3 Å². The van der Waals surface area contributed by atoms with Crippen LogP contribution in [0.3, 0.4) is 0 Å². The average molecular weight is 266 g/mol. The van der Waals surface area contributed by atoms with Crippen molar-refractivity contribution in [3.05, 3.63) is 11.1 Å². The molecular formula is C15H22O4. The molecule has 2 N–H and O–H groups in total. The zero-order valence-electron chi connectivity index (χ0n) is 11.8. The van der Waals surface area contributed by atoms with Gasteiger partial charge in [-0.3, -0.25) is 0 Å². The minimum atomic E-state index is -1.17. The molecular weight excluding hydrogens is 244 g/mol. The van der Waals surface area contributed by atoms with Gasteiger partial charge in [-0.2, -0.15) is 0 Å². The van der Waals surface area contributed by atoms with Crippen LogP contribution in [0.4, 0.5) is 0 Å². The number of rotatable bonds is 0. The van der Waals surface area contributed by atoms with E-state index in [1.807, 2.05) is 0 Å². The van der Waals surface area contributed by atoms with Crippen LogP contribution in [0.5, 0.6) is 0 Å². The third-order valence-corrected chi connectivity index (χ3v) is 5.61. The molecule has 1 saturated carbocycles. The average Bonchev–Trinajstić information content (AvgIpc) is 2.59. The lowest BCUT2D eigenvalue weighted by Gasteiger charge is -2.54. The van der Waals surface area contributed by atoms with Crippen LogP contribution in [0.1, 0.15) is 46.5 Å². The van der Waals surface area contributed by atoms with Gasteiger partial charge in [-0.1, -0.05) is 27.2 Å². The number of hydrogen-bond donors (Lipinski definition) is 2. The number of aliphatic hydroxyl groups excluding tert-OH is 2. The van der Waals surface area contributed by atoms with E-state index in [9.17, 15) is 15.0 Å². The Labute approximate surface area is 113 Å². The van der Waals surface area contributed by atoms with Crippen molar-refractivity contribution >= 4 is 5.97 Å². The molecule has 0 aromatic heterocycles. The first-order valence-electron chi connectivity index (χ1n) is 7.09. The topological polar surface area (TPSA) is 66.8 Å². The Morgan fingerprint density at radius 2 is 1.89 bits per heavy atom. The van der Waals surface area contributed by atoms with Crippen LogP contribution in [0.15, 0.2) is 11.1 Å². The first-order valence-corrected chi connectivity index (χ1v) is 7.09. The molecule has 3 rings (SSSR count). The molecule has 0 spiro atoms. The lowest BCUT2D eigenvalue weighted by molar-refractivity contribution is -0.153. The Hall–Kier alpha value is -0.870. The summed E-state index contributed by atoms with van der Waals surface area (Å²) in [6.07, 6.45) is 1.76. The van der Waals surface area contributed by atoms with Crippen LogP contribution in [0, 0.1) is 16.7 Å². The molecule has 0 aromatic rings. The number of fused-ring (bicyclic) bond motifs is 2. The van der Waals surface area contributed by atoms with Crippen molar-refractivity contribution in [2.75, 3.05) is 0 Å². The maximum atomic E-state index is 11.8. The molecule has 1 heterocycles. The molecule has 3 aliphatic rings. The van der Waals surface area contributed by atoms with Gasteiger partial charge in [0.2, 0.25) is 6.29 Å². The largest absolute Gasteiger partial charge is 0.428 e. The number of hydrogen-bond acceptors (Lipinski definition) is 4. The van der Waals surface area contributed by atoms with Gasteiger partial charge in [0.05, 0.1) is 11.7 Å². The van der Waals surface area contributed by atoms with Crippen molar-refractivity contribution in [3.8, 4) is 0 Å². The Morgan fingerprint density at radius 1 is 1.21 bits per heavy atom. The van der Waals surface area contributed by atoms with E-state index in [2.05, 4.69) is 20.8 Å². The van der Waals surface area contributed by atoms with Crippen molar-refractivity contribution < 1.29 is 19.7 Å². The van der Waals surface area contributed by atoms with E-state index in [0.29, 0.717) is 17.6 Å². The molecule has 106 valence electrons. The SMILES string of the molecule is CC1(C)CCC[C@]2(C)C3=C(C(=O)O[C@H]3O)[C@@H](O)C[C@@H]12. The molecule has 0 radical (unpaired) electrons. The summed E-state index contributed by atoms with van der Waals surface area (Å²) < 4.78 is 4.94. The maximum absolute atomic E-state index is 11.8. The Bertz CT molecular complexity index is 465. The summed E-state index contributed by atoms with van der Waals surface area (Å²) in [7, 11) is 0. The molecule has 4 atom stereocenters. The Morgan fingerprint density at radius 3 is 2.58 bits per heavy atom. The van der Waals surface area contributed by atoms with Crippen LogP contribution in [-0.2, 0) is 9.53 Å². The van der Waals surface area contributed by atoms with Gasteiger partial charge in [-0.15, -0.1) is 0 Å². The molecule has 19 heavy (non-hydrogen) atoms. The molecule has 1 fully saturated rings. The van der Waals surface area contributed by atoms with Crippen LogP contribution in [0.2, 0.25) is 0 Å². The number of ether oxygens (including phenoxy) is 1. The van der Waals surface area contributed by atoms with Gasteiger partial charge in [-0.25, -0.2) is 4.79 Å². The monoisotopic (exact) mass is 266 g/mol. The lowest BCUT2D eigenvalue weighted by atomic mass is 9.50. The van der Waals surface area contributed by atoms with E-state index in [4.69, 9.17) is 4.74 Å². The molecule has 4 heteroatoms. The minimum Gasteiger partial charge on any atom is -0.428 e. The van der Waals surface area contributed by atoms with Gasteiger partial charge in [0.25, 0.3) is 0 Å². The molecule has 0 bridgehead atoms. The standard InChI is InChI=1S/C15H22O4/c1-14(2)5-4-6-15(3)9(14)7-8(16)10-11(15)13(18)19-12(10)17/h8-9,13,16,18H,4-7H2,1-3H3/t8-,9-,13+,15-/m0/s1. The summed E-state index contributed by atoms with van der Waals surface area (Å²) in [6.45, 7) is 6.56. The van der Waals surface area contributed by atoms with Gasteiger partial charge >= 0.3 is 5.97 Å². The smallest absolute Gasteiger partial charge is 0.339 e. The van der Waals surface area contributed by atoms with E-state index in [-0.39, 0.29) is 16.7 Å². The van der Waals surface area contributed by atoms with Gasteiger partial charge in [0.15, 0.2) is 0 Å². The number of carbonyl (C=O) groups is 1. The highest BCUT2D eigenvalue weighted by Gasteiger charge is 2.58. The maximum Gasteiger partial charge on any atom is 0.339 e. The van der Waals surface area contributed by atoms with E-state index < -0.39 is 18.4 Å². The van der Waals surface area contributed by atoms with Crippen molar-refractivity contribution in [2.24, 2.45) is 16.7 Å². The summed E-state index contributed by atoms with van der Waals surface area (Å²) in [4.78, 5) is 11.8. The highest BCUT2D eigenvalue weighted by atomic mass is 16.6.